The highest BCUT2D eigenvalue weighted by atomic mass is 35.5. The first kappa shape index (κ1) is 17.4. The Morgan fingerprint density at radius 1 is 1.05 bits per heavy atom. The molecule has 0 heterocycles. The molecule has 4 N–H and O–H groups in total. The van der Waals surface area contributed by atoms with Crippen molar-refractivity contribution in [2.45, 2.75) is 26.1 Å². The van der Waals surface area contributed by atoms with Gasteiger partial charge in [0.25, 0.3) is 0 Å². The van der Waals surface area contributed by atoms with E-state index in [1.165, 1.54) is 0 Å². The largest absolute Gasteiger partial charge is 0.442 e. The fraction of sp³-hybridized carbons (Fsp3) is 0.385. The Kier molecular flexibility index (Phi) is 6.11. The zero-order valence-corrected chi connectivity index (χ0v) is 13.0. The third-order valence-electron chi connectivity index (χ3n) is 2.74. The number of amides is 2. The van der Waals surface area contributed by atoms with Crippen LogP contribution in [0.2, 0.25) is 10.0 Å². The van der Waals surface area contributed by atoms with E-state index in [9.17, 15) is 9.59 Å². The van der Waals surface area contributed by atoms with Crippen LogP contribution in [0.1, 0.15) is 25.5 Å². The van der Waals surface area contributed by atoms with E-state index in [1.807, 2.05) is 0 Å². The summed E-state index contributed by atoms with van der Waals surface area (Å²) in [6.07, 6.45) is -3.99. The highest BCUT2D eigenvalue weighted by Crippen LogP contribution is 2.37. The van der Waals surface area contributed by atoms with Crippen LogP contribution in [0.4, 0.5) is 9.59 Å². The minimum Gasteiger partial charge on any atom is -0.442 e. The molecule has 2 atom stereocenters. The highest BCUT2D eigenvalue weighted by Gasteiger charge is 2.34. The van der Waals surface area contributed by atoms with Crippen LogP contribution in [-0.4, -0.2) is 18.3 Å². The Balaban J connectivity index is 3.32. The minimum atomic E-state index is -1.06. The molecule has 8 heteroatoms. The van der Waals surface area contributed by atoms with Gasteiger partial charge in [-0.25, -0.2) is 9.59 Å². The van der Waals surface area contributed by atoms with Gasteiger partial charge in [0.05, 0.1) is 0 Å². The maximum Gasteiger partial charge on any atom is 0.405 e. The van der Waals surface area contributed by atoms with Gasteiger partial charge in [0, 0.05) is 15.6 Å². The lowest BCUT2D eigenvalue weighted by atomic mass is 9.95. The van der Waals surface area contributed by atoms with Crippen molar-refractivity contribution in [3.05, 3.63) is 33.8 Å². The van der Waals surface area contributed by atoms with E-state index in [1.54, 1.807) is 32.0 Å². The topological polar surface area (TPSA) is 105 Å². The number of carbonyl (C=O) groups excluding carboxylic acids is 2. The maximum atomic E-state index is 11.2. The van der Waals surface area contributed by atoms with Crippen molar-refractivity contribution >= 4 is 35.4 Å². The molecule has 0 unspecified atom stereocenters. The van der Waals surface area contributed by atoms with Gasteiger partial charge in [-0.3, -0.25) is 0 Å². The van der Waals surface area contributed by atoms with Crippen LogP contribution in [-0.2, 0) is 9.47 Å². The summed E-state index contributed by atoms with van der Waals surface area (Å²) < 4.78 is 10.1. The average Bonchev–Trinajstić information content (AvgIpc) is 2.33. The molecule has 2 amide bonds. The van der Waals surface area contributed by atoms with Gasteiger partial charge < -0.3 is 20.9 Å². The number of rotatable bonds is 5. The monoisotopic (exact) mass is 334 g/mol. The van der Waals surface area contributed by atoms with E-state index >= 15 is 0 Å². The summed E-state index contributed by atoms with van der Waals surface area (Å²) in [6, 6.07) is 4.78. The van der Waals surface area contributed by atoms with Crippen molar-refractivity contribution in [2.24, 2.45) is 17.4 Å². The lowest BCUT2D eigenvalue weighted by molar-refractivity contribution is -0.0267. The van der Waals surface area contributed by atoms with Gasteiger partial charge in [-0.15, -0.1) is 0 Å². The number of benzene rings is 1. The molecule has 0 fully saturated rings. The van der Waals surface area contributed by atoms with Gasteiger partial charge >= 0.3 is 12.2 Å². The molecule has 1 rings (SSSR count). The van der Waals surface area contributed by atoms with Crippen LogP contribution in [0, 0.1) is 5.92 Å². The molecule has 0 aliphatic rings. The number of hydrogen-bond donors (Lipinski definition) is 2. The lowest BCUT2D eigenvalue weighted by Gasteiger charge is -2.29. The van der Waals surface area contributed by atoms with Gasteiger partial charge in [-0.05, 0) is 18.1 Å². The lowest BCUT2D eigenvalue weighted by Crippen LogP contribution is -2.36. The Morgan fingerprint density at radius 2 is 1.52 bits per heavy atom. The van der Waals surface area contributed by atoms with E-state index in [4.69, 9.17) is 44.1 Å². The predicted octanol–water partition coefficient (Wildman–Crippen LogP) is 3.25. The normalized spacial score (nSPS) is 13.6. The van der Waals surface area contributed by atoms with Crippen molar-refractivity contribution < 1.29 is 19.1 Å². The second kappa shape index (κ2) is 7.38. The van der Waals surface area contributed by atoms with Crippen molar-refractivity contribution in [3.63, 3.8) is 0 Å². The van der Waals surface area contributed by atoms with Crippen LogP contribution in [0.15, 0.2) is 18.2 Å². The van der Waals surface area contributed by atoms with Crippen LogP contribution in [0.25, 0.3) is 0 Å². The Bertz CT molecular complexity index is 517. The fourth-order valence-electron chi connectivity index (χ4n) is 1.88. The minimum absolute atomic E-state index is 0.228. The summed E-state index contributed by atoms with van der Waals surface area (Å²) in [5.41, 5.74) is 10.4. The van der Waals surface area contributed by atoms with E-state index in [2.05, 4.69) is 0 Å². The third-order valence-corrected chi connectivity index (χ3v) is 3.39. The SMILES string of the molecule is CC(C)[C@H](OC(N)=O)[C@@H](OC(N)=O)c1c(Cl)cccc1Cl. The van der Waals surface area contributed by atoms with Gasteiger partial charge in [-0.2, -0.15) is 0 Å². The van der Waals surface area contributed by atoms with Crippen LogP contribution in [0.5, 0.6) is 0 Å². The van der Waals surface area contributed by atoms with Crippen molar-refractivity contribution in [1.29, 1.82) is 0 Å². The molecular formula is C13H16Cl2N2O4. The second-order valence-electron chi connectivity index (χ2n) is 4.64. The van der Waals surface area contributed by atoms with Crippen LogP contribution >= 0.6 is 23.2 Å². The molecule has 0 aliphatic heterocycles. The molecule has 0 aliphatic carbocycles. The van der Waals surface area contributed by atoms with Crippen LogP contribution in [0.3, 0.4) is 0 Å². The zero-order chi connectivity index (χ0) is 16.2. The number of halogens is 2. The molecule has 0 saturated heterocycles. The molecule has 1 aromatic rings. The number of hydrogen-bond acceptors (Lipinski definition) is 4. The first-order chi connectivity index (χ1) is 9.73. The average molecular weight is 335 g/mol. The van der Waals surface area contributed by atoms with Gasteiger partial charge in [0.1, 0.15) is 6.10 Å². The molecule has 6 nitrogen and oxygen atoms in total. The summed E-state index contributed by atoms with van der Waals surface area (Å²) in [6.45, 7) is 3.52. The number of primary amides is 2. The first-order valence-electron chi connectivity index (χ1n) is 6.10. The van der Waals surface area contributed by atoms with E-state index < -0.39 is 24.4 Å². The van der Waals surface area contributed by atoms with Crippen molar-refractivity contribution in [3.8, 4) is 0 Å². The van der Waals surface area contributed by atoms with Crippen LogP contribution < -0.4 is 11.5 Å². The van der Waals surface area contributed by atoms with Crippen molar-refractivity contribution in [2.75, 3.05) is 0 Å². The molecule has 1 aromatic carbocycles. The maximum absolute atomic E-state index is 11.2. The quantitative estimate of drug-likeness (QED) is 0.861. The second-order valence-corrected chi connectivity index (χ2v) is 5.45. The third kappa shape index (κ3) is 4.68. The van der Waals surface area contributed by atoms with E-state index in [0.717, 1.165) is 0 Å². The zero-order valence-electron chi connectivity index (χ0n) is 11.5. The molecule has 116 valence electrons. The van der Waals surface area contributed by atoms with Gasteiger partial charge in [0.15, 0.2) is 6.10 Å². The summed E-state index contributed by atoms with van der Waals surface area (Å²) in [5.74, 6) is -0.228. The Hall–Kier alpha value is -1.66. The molecule has 0 spiro atoms. The highest BCUT2D eigenvalue weighted by molar-refractivity contribution is 6.36. The summed E-state index contributed by atoms with van der Waals surface area (Å²) >= 11 is 12.2. The van der Waals surface area contributed by atoms with E-state index in [-0.39, 0.29) is 16.0 Å². The molecule has 21 heavy (non-hydrogen) atoms. The molecular weight excluding hydrogens is 319 g/mol. The fourth-order valence-corrected chi connectivity index (χ4v) is 2.49. The molecule has 0 radical (unpaired) electrons. The number of nitrogens with two attached hydrogens (primary N) is 2. The summed E-state index contributed by atoms with van der Waals surface area (Å²) in [4.78, 5) is 22.2. The van der Waals surface area contributed by atoms with Crippen molar-refractivity contribution in [1.82, 2.24) is 0 Å². The molecule has 0 aromatic heterocycles. The summed E-state index contributed by atoms with van der Waals surface area (Å²) in [5, 5.41) is 0.514. The van der Waals surface area contributed by atoms with Gasteiger partial charge in [-0.1, -0.05) is 43.1 Å². The van der Waals surface area contributed by atoms with E-state index in [0.29, 0.717) is 5.56 Å². The first-order valence-corrected chi connectivity index (χ1v) is 6.85. The standard InChI is InChI=1S/C13H16Cl2N2O4/c1-6(2)10(20-12(16)18)11(21-13(17)19)9-7(14)4-3-5-8(9)15/h3-6,10-11H,1-2H3,(H2,16,18)(H2,17,19)/t10-,11-/m0/s1. The number of ether oxygens (including phenoxy) is 2. The smallest absolute Gasteiger partial charge is 0.405 e. The number of carbonyl (C=O) groups is 2. The predicted molar refractivity (Wildman–Crippen MR) is 79.2 cm³/mol. The Morgan fingerprint density at radius 3 is 1.90 bits per heavy atom. The van der Waals surface area contributed by atoms with Gasteiger partial charge in [0.2, 0.25) is 0 Å². The molecule has 0 bridgehead atoms. The summed E-state index contributed by atoms with van der Waals surface area (Å²) in [7, 11) is 0. The Labute approximate surface area is 132 Å². The molecule has 0 saturated carbocycles.